The fourth-order valence-electron chi connectivity index (χ4n) is 2.76. The molecule has 0 aliphatic carbocycles. The van der Waals surface area contributed by atoms with Crippen LogP contribution in [-0.4, -0.2) is 26.8 Å². The van der Waals surface area contributed by atoms with Crippen molar-refractivity contribution in [1.82, 2.24) is 0 Å². The van der Waals surface area contributed by atoms with Crippen molar-refractivity contribution in [1.29, 1.82) is 0 Å². The first-order valence-corrected chi connectivity index (χ1v) is 7.83. The van der Waals surface area contributed by atoms with Gasteiger partial charge in [0.05, 0.1) is 14.2 Å². The van der Waals surface area contributed by atoms with Gasteiger partial charge in [-0.2, -0.15) is 0 Å². The third-order valence-corrected chi connectivity index (χ3v) is 4.21. The lowest BCUT2D eigenvalue weighted by molar-refractivity contribution is -0.139. The average Bonchev–Trinajstić information content (AvgIpc) is 2.49. The van der Waals surface area contributed by atoms with Gasteiger partial charge in [0.2, 0.25) is 0 Å². The molecule has 23 heavy (non-hydrogen) atoms. The number of carbonyl (C=O) groups is 1. The molecule has 128 valence electrons. The molecule has 0 N–H and O–H groups in total. The lowest BCUT2D eigenvalue weighted by atomic mass is 9.93. The summed E-state index contributed by atoms with van der Waals surface area (Å²) in [4.78, 5) is 10.8. The number of esters is 1. The number of ether oxygens (including phenoxy) is 3. The van der Waals surface area contributed by atoms with Crippen molar-refractivity contribution in [2.75, 3.05) is 20.8 Å². The highest BCUT2D eigenvalue weighted by Crippen LogP contribution is 2.38. The van der Waals surface area contributed by atoms with Gasteiger partial charge in [-0.25, -0.2) is 0 Å². The van der Waals surface area contributed by atoms with E-state index in [2.05, 4.69) is 20.8 Å². The van der Waals surface area contributed by atoms with Crippen LogP contribution in [0.25, 0.3) is 0 Å². The first kappa shape index (κ1) is 19.1. The Labute approximate surface area is 139 Å². The zero-order valence-electron chi connectivity index (χ0n) is 15.3. The van der Waals surface area contributed by atoms with Gasteiger partial charge in [0.25, 0.3) is 0 Å². The van der Waals surface area contributed by atoms with Crippen LogP contribution in [0, 0.1) is 20.8 Å². The lowest BCUT2D eigenvalue weighted by Gasteiger charge is -2.20. The fraction of sp³-hybridized carbons (Fsp3) is 0.526. The lowest BCUT2D eigenvalue weighted by Crippen LogP contribution is -2.04. The molecule has 4 nitrogen and oxygen atoms in total. The number of hydrogen-bond acceptors (Lipinski definition) is 4. The van der Waals surface area contributed by atoms with Crippen molar-refractivity contribution in [3.8, 4) is 11.5 Å². The summed E-state index contributed by atoms with van der Waals surface area (Å²) < 4.78 is 16.1. The summed E-state index contributed by atoms with van der Waals surface area (Å²) in [5.41, 5.74) is 5.72. The van der Waals surface area contributed by atoms with Crippen LogP contribution in [0.15, 0.2) is 11.6 Å². The van der Waals surface area contributed by atoms with Gasteiger partial charge >= 0.3 is 5.97 Å². The predicted molar refractivity (Wildman–Crippen MR) is 92.5 cm³/mol. The largest absolute Gasteiger partial charge is 0.496 e. The molecule has 0 amide bonds. The van der Waals surface area contributed by atoms with Crippen LogP contribution in [0.2, 0.25) is 0 Å². The quantitative estimate of drug-likeness (QED) is 0.561. The smallest absolute Gasteiger partial charge is 0.302 e. The molecule has 0 spiro atoms. The predicted octanol–water partition coefficient (Wildman–Crippen LogP) is 4.07. The van der Waals surface area contributed by atoms with E-state index in [1.165, 1.54) is 18.1 Å². The van der Waals surface area contributed by atoms with Crippen molar-refractivity contribution in [3.05, 3.63) is 33.9 Å². The monoisotopic (exact) mass is 320 g/mol. The van der Waals surface area contributed by atoms with Gasteiger partial charge in [-0.3, -0.25) is 4.79 Å². The van der Waals surface area contributed by atoms with Crippen LogP contribution in [0.5, 0.6) is 11.5 Å². The van der Waals surface area contributed by atoms with Gasteiger partial charge in [0.1, 0.15) is 18.1 Å². The molecule has 0 bridgehead atoms. The van der Waals surface area contributed by atoms with E-state index >= 15 is 0 Å². The van der Waals surface area contributed by atoms with Crippen LogP contribution >= 0.6 is 0 Å². The summed E-state index contributed by atoms with van der Waals surface area (Å²) in [6, 6.07) is 0. The molecule has 0 heterocycles. The zero-order chi connectivity index (χ0) is 17.6. The number of carbonyl (C=O) groups excluding carboxylic acids is 1. The Bertz CT molecular complexity index is 600. The van der Waals surface area contributed by atoms with E-state index in [9.17, 15) is 4.79 Å². The van der Waals surface area contributed by atoms with Crippen molar-refractivity contribution in [3.63, 3.8) is 0 Å². The number of methoxy groups -OCH3 is 2. The maximum atomic E-state index is 10.8. The summed E-state index contributed by atoms with van der Waals surface area (Å²) in [6.45, 7) is 9.97. The molecule has 0 atom stereocenters. The van der Waals surface area contributed by atoms with E-state index in [4.69, 9.17) is 14.2 Å². The first-order valence-electron chi connectivity index (χ1n) is 7.83. The van der Waals surface area contributed by atoms with Crippen molar-refractivity contribution in [2.45, 2.75) is 47.5 Å². The van der Waals surface area contributed by atoms with Gasteiger partial charge in [-0.15, -0.1) is 0 Å². The molecule has 0 aliphatic heterocycles. The Morgan fingerprint density at radius 2 is 1.52 bits per heavy atom. The summed E-state index contributed by atoms with van der Waals surface area (Å²) in [6.07, 6.45) is 3.68. The summed E-state index contributed by atoms with van der Waals surface area (Å²) >= 11 is 0. The second kappa shape index (κ2) is 8.61. The third-order valence-electron chi connectivity index (χ3n) is 4.21. The van der Waals surface area contributed by atoms with E-state index in [1.54, 1.807) is 14.2 Å². The van der Waals surface area contributed by atoms with E-state index in [1.807, 2.05) is 13.0 Å². The third kappa shape index (κ3) is 4.75. The number of hydrogen-bond donors (Lipinski definition) is 0. The van der Waals surface area contributed by atoms with Gasteiger partial charge in [-0.1, -0.05) is 5.57 Å². The molecular formula is C19H28O4. The normalized spacial score (nSPS) is 11.3. The highest BCUT2D eigenvalue weighted by Gasteiger charge is 2.18. The maximum absolute atomic E-state index is 10.8. The minimum atomic E-state index is -0.259. The molecule has 0 fully saturated rings. The zero-order valence-corrected chi connectivity index (χ0v) is 15.3. The number of rotatable bonds is 7. The molecule has 0 unspecified atom stereocenters. The van der Waals surface area contributed by atoms with Crippen molar-refractivity contribution >= 4 is 5.97 Å². The van der Waals surface area contributed by atoms with Crippen LogP contribution < -0.4 is 9.47 Å². The molecular weight excluding hydrogens is 292 g/mol. The maximum Gasteiger partial charge on any atom is 0.302 e. The Kier molecular flexibility index (Phi) is 7.14. The number of benzene rings is 1. The molecule has 1 aromatic carbocycles. The molecule has 0 radical (unpaired) electrons. The van der Waals surface area contributed by atoms with Gasteiger partial charge < -0.3 is 14.2 Å². The Morgan fingerprint density at radius 1 is 0.957 bits per heavy atom. The molecule has 0 aromatic heterocycles. The van der Waals surface area contributed by atoms with Crippen LogP contribution in [0.1, 0.15) is 42.5 Å². The Hall–Kier alpha value is -1.97. The Morgan fingerprint density at radius 3 is 2.04 bits per heavy atom. The molecule has 0 aliphatic rings. The van der Waals surface area contributed by atoms with Crippen molar-refractivity contribution in [2.24, 2.45) is 0 Å². The standard InChI is InChI=1S/C19H28O4/c1-12(10-11-23-16(5)20)8-9-17-15(4)18(21-6)13(2)14(3)19(17)22-7/h10H,8-9,11H2,1-7H3. The molecule has 4 heteroatoms. The minimum Gasteiger partial charge on any atom is -0.496 e. The van der Waals surface area contributed by atoms with Gasteiger partial charge in [0.15, 0.2) is 0 Å². The summed E-state index contributed by atoms with van der Waals surface area (Å²) in [5.74, 6) is 1.61. The van der Waals surface area contributed by atoms with E-state index in [0.717, 1.165) is 41.0 Å². The van der Waals surface area contributed by atoms with Crippen LogP contribution in [0.3, 0.4) is 0 Å². The van der Waals surface area contributed by atoms with Gasteiger partial charge in [-0.05, 0) is 63.3 Å². The van der Waals surface area contributed by atoms with E-state index < -0.39 is 0 Å². The Balaban J connectivity index is 3.00. The SMILES string of the molecule is COc1c(C)c(C)c(OC)c(CCC(C)=CCOC(C)=O)c1C. The highest BCUT2D eigenvalue weighted by molar-refractivity contribution is 5.66. The summed E-state index contributed by atoms with van der Waals surface area (Å²) in [7, 11) is 3.41. The molecule has 0 saturated carbocycles. The molecule has 1 aromatic rings. The topological polar surface area (TPSA) is 44.8 Å². The number of allylic oxidation sites excluding steroid dienone is 1. The molecule has 1 rings (SSSR count). The van der Waals surface area contributed by atoms with Crippen molar-refractivity contribution < 1.29 is 19.0 Å². The van der Waals surface area contributed by atoms with Gasteiger partial charge in [0, 0.05) is 12.5 Å². The minimum absolute atomic E-state index is 0.259. The summed E-state index contributed by atoms with van der Waals surface area (Å²) in [5, 5.41) is 0. The average molecular weight is 320 g/mol. The van der Waals surface area contributed by atoms with E-state index in [0.29, 0.717) is 6.61 Å². The highest BCUT2D eigenvalue weighted by atomic mass is 16.5. The first-order chi connectivity index (χ1) is 10.8. The second-order valence-electron chi connectivity index (χ2n) is 5.77. The fourth-order valence-corrected chi connectivity index (χ4v) is 2.76. The van der Waals surface area contributed by atoms with Crippen LogP contribution in [0.4, 0.5) is 0 Å². The second-order valence-corrected chi connectivity index (χ2v) is 5.77. The molecule has 0 saturated heterocycles. The van der Waals surface area contributed by atoms with Crippen LogP contribution in [-0.2, 0) is 16.0 Å². The van der Waals surface area contributed by atoms with E-state index in [-0.39, 0.29) is 5.97 Å².